The molecule has 33 heavy (non-hydrogen) atoms. The van der Waals surface area contributed by atoms with Gasteiger partial charge < -0.3 is 9.32 Å². The fourth-order valence-electron chi connectivity index (χ4n) is 7.20. The molecule has 0 saturated heterocycles. The van der Waals surface area contributed by atoms with E-state index in [1.54, 1.807) is 0 Å². The first-order valence-corrected chi connectivity index (χ1v) is 13.2. The number of hydrogen-bond acceptors (Lipinski definition) is 4. The molecule has 1 heterocycles. The van der Waals surface area contributed by atoms with Crippen LogP contribution < -0.4 is 4.90 Å². The minimum atomic E-state index is -1.07. The van der Waals surface area contributed by atoms with E-state index in [0.29, 0.717) is 25.2 Å². The lowest BCUT2D eigenvalue weighted by molar-refractivity contribution is -0.211. The number of alkyl halides is 1. The van der Waals surface area contributed by atoms with Gasteiger partial charge in [-0.15, -0.1) is 10.2 Å². The van der Waals surface area contributed by atoms with Gasteiger partial charge >= 0.3 is 0 Å². The Labute approximate surface area is 201 Å². The van der Waals surface area contributed by atoms with Crippen LogP contribution in [-0.4, -0.2) is 28.3 Å². The van der Waals surface area contributed by atoms with Gasteiger partial charge in [0.15, 0.2) is 0 Å². The molecule has 9 rings (SSSR count). The molecule has 5 nitrogen and oxygen atoms in total. The maximum atomic E-state index is 14.3. The highest BCUT2D eigenvalue weighted by Gasteiger charge is 2.73. The molecule has 0 atom stereocenters. The van der Waals surface area contributed by atoms with Gasteiger partial charge in [0.2, 0.25) is 17.7 Å². The second-order valence-corrected chi connectivity index (χ2v) is 12.7. The molecule has 174 valence electrons. The van der Waals surface area contributed by atoms with Gasteiger partial charge in [-0.25, -0.2) is 4.39 Å². The summed E-state index contributed by atoms with van der Waals surface area (Å²) >= 11 is 3.57. The van der Waals surface area contributed by atoms with Gasteiger partial charge in [-0.2, -0.15) is 0 Å². The van der Waals surface area contributed by atoms with Crippen LogP contribution in [0.5, 0.6) is 0 Å². The van der Waals surface area contributed by atoms with Crippen LogP contribution in [-0.2, 0) is 10.2 Å². The summed E-state index contributed by atoms with van der Waals surface area (Å²) < 4.78 is 21.4. The highest BCUT2D eigenvalue weighted by atomic mass is 79.9. The highest BCUT2D eigenvalue weighted by molar-refractivity contribution is 9.10. The molecule has 1 aromatic heterocycles. The van der Waals surface area contributed by atoms with Gasteiger partial charge in [0.05, 0.1) is 5.41 Å². The Hall–Kier alpha value is -1.76. The number of carbonyl (C=O) groups excluding carboxylic acids is 1. The average Bonchev–Trinajstić information content (AvgIpc) is 3.51. The average molecular weight is 514 g/mol. The van der Waals surface area contributed by atoms with Crippen LogP contribution in [0.1, 0.15) is 88.3 Å². The number of amides is 1. The number of benzene rings is 1. The predicted octanol–water partition coefficient (Wildman–Crippen LogP) is 6.23. The molecule has 7 aliphatic rings. The Bertz CT molecular complexity index is 1100. The molecule has 1 amide bonds. The maximum absolute atomic E-state index is 14.3. The van der Waals surface area contributed by atoms with Crippen LogP contribution in [0.3, 0.4) is 0 Å². The van der Waals surface area contributed by atoms with Gasteiger partial charge in [-0.05, 0) is 94.2 Å². The van der Waals surface area contributed by atoms with Crippen molar-refractivity contribution in [3.05, 3.63) is 40.5 Å². The number of hydrogen-bond donors (Lipinski definition) is 0. The fraction of sp³-hybridized carbons (Fsp3) is 0.654. The third kappa shape index (κ3) is 3.10. The van der Waals surface area contributed by atoms with Crippen LogP contribution in [0, 0.1) is 10.8 Å². The third-order valence-electron chi connectivity index (χ3n) is 9.50. The monoisotopic (exact) mass is 513 g/mol. The molecule has 7 fully saturated rings. The third-order valence-corrected chi connectivity index (χ3v) is 9.99. The SMILES string of the molecule is O=C(N(CC12CCC(c3nnc(C4CC4)o3)(CC1)CC2)c1cccc(Br)c1)C12CC(F)(C1)C2. The Morgan fingerprint density at radius 3 is 2.39 bits per heavy atom. The van der Waals surface area contributed by atoms with Gasteiger partial charge in [-0.1, -0.05) is 22.0 Å². The van der Waals surface area contributed by atoms with Crippen molar-refractivity contribution in [2.24, 2.45) is 10.8 Å². The second kappa shape index (κ2) is 6.67. The molecule has 4 bridgehead atoms. The number of carbonyl (C=O) groups is 1. The molecular formula is C26H29BrFN3O2. The molecule has 7 aliphatic carbocycles. The number of aromatic nitrogens is 2. The van der Waals surface area contributed by atoms with E-state index in [1.807, 2.05) is 29.2 Å². The molecule has 2 aromatic rings. The van der Waals surface area contributed by atoms with E-state index in [-0.39, 0.29) is 16.7 Å². The van der Waals surface area contributed by atoms with Crippen molar-refractivity contribution in [1.29, 1.82) is 0 Å². The zero-order valence-corrected chi connectivity index (χ0v) is 20.4. The lowest BCUT2D eigenvalue weighted by atomic mass is 9.41. The standard InChI is InChI=1S/C26H29BrFN3O2/c27-18-2-1-3-19(12-18)31(22(32)25-13-26(28,14-25)15-25)16-23-6-9-24(10-7-23,11-8-23)21-30-29-20(33-21)17-4-5-17/h1-3,12,17H,4-11,13-16H2. The van der Waals surface area contributed by atoms with Crippen molar-refractivity contribution in [1.82, 2.24) is 10.2 Å². The molecule has 1 aromatic carbocycles. The van der Waals surface area contributed by atoms with E-state index in [2.05, 4.69) is 26.1 Å². The van der Waals surface area contributed by atoms with Crippen molar-refractivity contribution in [3.63, 3.8) is 0 Å². The first-order chi connectivity index (χ1) is 15.8. The summed E-state index contributed by atoms with van der Waals surface area (Å²) in [5.41, 5.74) is -0.495. The summed E-state index contributed by atoms with van der Waals surface area (Å²) in [7, 11) is 0. The van der Waals surface area contributed by atoms with E-state index in [0.717, 1.165) is 67.0 Å². The molecule has 0 spiro atoms. The molecule has 7 saturated carbocycles. The minimum Gasteiger partial charge on any atom is -0.424 e. The number of anilines is 1. The first-order valence-electron chi connectivity index (χ1n) is 12.4. The van der Waals surface area contributed by atoms with Crippen molar-refractivity contribution in [2.75, 3.05) is 11.4 Å². The minimum absolute atomic E-state index is 0.0148. The summed E-state index contributed by atoms with van der Waals surface area (Å²) in [6.07, 6.45) is 9.85. The van der Waals surface area contributed by atoms with E-state index in [9.17, 15) is 9.18 Å². The number of nitrogens with zero attached hydrogens (tertiary/aromatic N) is 3. The molecule has 0 unspecified atom stereocenters. The number of halogens is 2. The zero-order valence-electron chi connectivity index (χ0n) is 18.8. The summed E-state index contributed by atoms with van der Waals surface area (Å²) in [5, 5.41) is 8.83. The van der Waals surface area contributed by atoms with Crippen molar-refractivity contribution < 1.29 is 13.6 Å². The van der Waals surface area contributed by atoms with E-state index >= 15 is 0 Å². The molecule has 7 heteroatoms. The van der Waals surface area contributed by atoms with Gasteiger partial charge in [0, 0.05) is 28.0 Å². The maximum Gasteiger partial charge on any atom is 0.233 e. The summed E-state index contributed by atoms with van der Waals surface area (Å²) in [4.78, 5) is 15.8. The van der Waals surface area contributed by atoms with Crippen LogP contribution >= 0.6 is 15.9 Å². The molecular weight excluding hydrogens is 485 g/mol. The normalized spacial score (nSPS) is 38.5. The Kier molecular flexibility index (Phi) is 4.17. The van der Waals surface area contributed by atoms with Crippen LogP contribution in [0.15, 0.2) is 33.2 Å². The van der Waals surface area contributed by atoms with Crippen molar-refractivity contribution in [2.45, 2.75) is 87.6 Å². The predicted molar refractivity (Wildman–Crippen MR) is 125 cm³/mol. The summed E-state index contributed by atoms with van der Waals surface area (Å²) in [6, 6.07) is 8.01. The van der Waals surface area contributed by atoms with Gasteiger partial charge in [0.1, 0.15) is 5.67 Å². The van der Waals surface area contributed by atoms with Crippen LogP contribution in [0.25, 0.3) is 0 Å². The largest absolute Gasteiger partial charge is 0.424 e. The van der Waals surface area contributed by atoms with Crippen LogP contribution in [0.4, 0.5) is 10.1 Å². The Morgan fingerprint density at radius 2 is 1.79 bits per heavy atom. The first kappa shape index (κ1) is 20.6. The topological polar surface area (TPSA) is 59.2 Å². The smallest absolute Gasteiger partial charge is 0.233 e. The highest BCUT2D eigenvalue weighted by Crippen LogP contribution is 2.70. The second-order valence-electron chi connectivity index (χ2n) is 11.8. The number of fused-ring (bicyclic) bond motifs is 3. The molecule has 0 N–H and O–H groups in total. The van der Waals surface area contributed by atoms with E-state index in [4.69, 9.17) is 4.42 Å². The van der Waals surface area contributed by atoms with E-state index < -0.39 is 11.1 Å². The molecule has 0 aliphatic heterocycles. The Balaban J connectivity index is 1.13. The number of rotatable bonds is 6. The summed E-state index contributed by atoms with van der Waals surface area (Å²) in [5.74, 6) is 2.29. The zero-order chi connectivity index (χ0) is 22.5. The lowest BCUT2D eigenvalue weighted by Crippen LogP contribution is -2.71. The van der Waals surface area contributed by atoms with Gasteiger partial charge in [0.25, 0.3) is 0 Å². The quantitative estimate of drug-likeness (QED) is 0.459. The van der Waals surface area contributed by atoms with E-state index in [1.165, 1.54) is 12.8 Å². The van der Waals surface area contributed by atoms with Gasteiger partial charge in [-0.3, -0.25) is 4.79 Å². The van der Waals surface area contributed by atoms with Crippen molar-refractivity contribution >= 4 is 27.5 Å². The van der Waals surface area contributed by atoms with Crippen molar-refractivity contribution in [3.8, 4) is 0 Å². The lowest BCUT2D eigenvalue weighted by Gasteiger charge is -2.65. The molecule has 0 radical (unpaired) electrons. The fourth-order valence-corrected chi connectivity index (χ4v) is 7.59. The Morgan fingerprint density at radius 1 is 1.09 bits per heavy atom. The van der Waals surface area contributed by atoms with Crippen LogP contribution in [0.2, 0.25) is 0 Å². The summed E-state index contributed by atoms with van der Waals surface area (Å²) in [6.45, 7) is 0.719.